The van der Waals surface area contributed by atoms with Gasteiger partial charge >= 0.3 is 0 Å². The van der Waals surface area contributed by atoms with E-state index in [0.717, 1.165) is 50.7 Å². The molecule has 4 nitrogen and oxygen atoms in total. The first-order valence-corrected chi connectivity index (χ1v) is 7.85. The van der Waals surface area contributed by atoms with Crippen molar-refractivity contribution in [2.45, 2.75) is 13.8 Å². The van der Waals surface area contributed by atoms with E-state index in [0.29, 0.717) is 0 Å². The SMILES string of the molecule is C/C=C/c1cc(OC)c2oc(-c3ccc4c(c3)OCO4)c(C)c2c1. The molecule has 0 fully saturated rings. The number of furan rings is 1. The van der Waals surface area contributed by atoms with Crippen LogP contribution in [0.3, 0.4) is 0 Å². The number of fused-ring (bicyclic) bond motifs is 2. The first-order chi connectivity index (χ1) is 11.7. The number of methoxy groups -OCH3 is 1. The molecule has 0 amide bonds. The highest BCUT2D eigenvalue weighted by Crippen LogP contribution is 2.41. The molecule has 122 valence electrons. The predicted octanol–water partition coefficient (Wildman–Crippen LogP) is 5.18. The number of ether oxygens (including phenoxy) is 3. The first-order valence-electron chi connectivity index (χ1n) is 7.85. The highest BCUT2D eigenvalue weighted by atomic mass is 16.7. The van der Waals surface area contributed by atoms with Crippen molar-refractivity contribution in [2.75, 3.05) is 13.9 Å². The van der Waals surface area contributed by atoms with Gasteiger partial charge in [-0.3, -0.25) is 0 Å². The maximum atomic E-state index is 6.15. The Hall–Kier alpha value is -2.88. The Morgan fingerprint density at radius 2 is 1.92 bits per heavy atom. The van der Waals surface area contributed by atoms with Crippen molar-refractivity contribution in [2.24, 2.45) is 0 Å². The monoisotopic (exact) mass is 322 g/mol. The minimum atomic E-state index is 0.262. The molecule has 1 aromatic heterocycles. The molecule has 0 radical (unpaired) electrons. The first kappa shape index (κ1) is 14.7. The van der Waals surface area contributed by atoms with E-state index in [1.54, 1.807) is 7.11 Å². The molecule has 2 aromatic carbocycles. The van der Waals surface area contributed by atoms with Crippen LogP contribution in [0.2, 0.25) is 0 Å². The second-order valence-corrected chi connectivity index (χ2v) is 5.72. The average Bonchev–Trinajstić information content (AvgIpc) is 3.19. The Morgan fingerprint density at radius 1 is 1.08 bits per heavy atom. The van der Waals surface area contributed by atoms with Gasteiger partial charge in [-0.2, -0.15) is 0 Å². The summed E-state index contributed by atoms with van der Waals surface area (Å²) in [7, 11) is 1.66. The summed E-state index contributed by atoms with van der Waals surface area (Å²) >= 11 is 0. The fourth-order valence-electron chi connectivity index (χ4n) is 3.06. The minimum absolute atomic E-state index is 0.262. The van der Waals surface area contributed by atoms with Crippen LogP contribution < -0.4 is 14.2 Å². The van der Waals surface area contributed by atoms with Gasteiger partial charge in [-0.05, 0) is 49.7 Å². The number of hydrogen-bond acceptors (Lipinski definition) is 4. The third-order valence-corrected chi connectivity index (χ3v) is 4.24. The molecule has 0 unspecified atom stereocenters. The summed E-state index contributed by atoms with van der Waals surface area (Å²) in [6.07, 6.45) is 4.06. The van der Waals surface area contributed by atoms with E-state index in [4.69, 9.17) is 18.6 Å². The zero-order valence-corrected chi connectivity index (χ0v) is 13.9. The highest BCUT2D eigenvalue weighted by Gasteiger charge is 2.20. The summed E-state index contributed by atoms with van der Waals surface area (Å²) in [4.78, 5) is 0. The Balaban J connectivity index is 1.92. The van der Waals surface area contributed by atoms with Gasteiger partial charge in [-0.25, -0.2) is 0 Å². The quantitative estimate of drug-likeness (QED) is 0.666. The molecule has 4 rings (SSSR count). The molecule has 1 aliphatic rings. The van der Waals surface area contributed by atoms with Crippen LogP contribution in [0.1, 0.15) is 18.1 Å². The molecule has 0 atom stereocenters. The molecule has 0 saturated heterocycles. The normalized spacial score (nSPS) is 13.1. The van der Waals surface area contributed by atoms with Gasteiger partial charge in [0, 0.05) is 16.5 Å². The van der Waals surface area contributed by atoms with E-state index in [1.165, 1.54) is 0 Å². The van der Waals surface area contributed by atoms with Crippen LogP contribution in [0.15, 0.2) is 40.8 Å². The van der Waals surface area contributed by atoms with E-state index in [-0.39, 0.29) is 6.79 Å². The van der Waals surface area contributed by atoms with Crippen LogP contribution in [0.5, 0.6) is 17.2 Å². The molecular weight excluding hydrogens is 304 g/mol. The van der Waals surface area contributed by atoms with Gasteiger partial charge in [0.2, 0.25) is 6.79 Å². The second kappa shape index (κ2) is 5.64. The van der Waals surface area contributed by atoms with Crippen molar-refractivity contribution in [1.29, 1.82) is 0 Å². The fraction of sp³-hybridized carbons (Fsp3) is 0.200. The summed E-state index contributed by atoms with van der Waals surface area (Å²) in [5.41, 5.74) is 3.88. The lowest BCUT2D eigenvalue weighted by Gasteiger charge is -2.02. The van der Waals surface area contributed by atoms with E-state index in [2.05, 4.69) is 19.1 Å². The van der Waals surface area contributed by atoms with Gasteiger partial charge < -0.3 is 18.6 Å². The summed E-state index contributed by atoms with van der Waals surface area (Å²) in [5.74, 6) is 3.06. The molecule has 0 bridgehead atoms. The second-order valence-electron chi connectivity index (χ2n) is 5.72. The molecule has 0 N–H and O–H groups in total. The number of hydrogen-bond donors (Lipinski definition) is 0. The lowest BCUT2D eigenvalue weighted by Crippen LogP contribution is -1.92. The van der Waals surface area contributed by atoms with Crippen molar-refractivity contribution >= 4 is 17.0 Å². The molecule has 24 heavy (non-hydrogen) atoms. The van der Waals surface area contributed by atoms with Gasteiger partial charge in [0.1, 0.15) is 5.76 Å². The van der Waals surface area contributed by atoms with Gasteiger partial charge in [0.25, 0.3) is 0 Å². The minimum Gasteiger partial charge on any atom is -0.493 e. The molecule has 2 heterocycles. The van der Waals surface area contributed by atoms with Gasteiger partial charge in [-0.15, -0.1) is 0 Å². The van der Waals surface area contributed by atoms with Crippen molar-refractivity contribution in [1.82, 2.24) is 0 Å². The summed E-state index contributed by atoms with van der Waals surface area (Å²) < 4.78 is 22.5. The summed E-state index contributed by atoms with van der Waals surface area (Å²) in [6, 6.07) is 9.94. The van der Waals surface area contributed by atoms with Crippen LogP contribution in [0.4, 0.5) is 0 Å². The maximum Gasteiger partial charge on any atom is 0.231 e. The molecule has 0 aliphatic carbocycles. The smallest absolute Gasteiger partial charge is 0.231 e. The lowest BCUT2D eigenvalue weighted by atomic mass is 10.0. The Bertz CT molecular complexity index is 950. The maximum absolute atomic E-state index is 6.15. The van der Waals surface area contributed by atoms with Crippen molar-refractivity contribution < 1.29 is 18.6 Å². The Labute approximate surface area is 140 Å². The van der Waals surface area contributed by atoms with Crippen LogP contribution in [-0.4, -0.2) is 13.9 Å². The zero-order chi connectivity index (χ0) is 16.7. The van der Waals surface area contributed by atoms with Crippen molar-refractivity contribution in [3.05, 3.63) is 47.5 Å². The van der Waals surface area contributed by atoms with Crippen molar-refractivity contribution in [3.8, 4) is 28.6 Å². The Morgan fingerprint density at radius 3 is 2.71 bits per heavy atom. The molecule has 1 aliphatic heterocycles. The number of allylic oxidation sites excluding steroid dienone is 1. The number of rotatable bonds is 3. The third kappa shape index (κ3) is 2.22. The van der Waals surface area contributed by atoms with Crippen molar-refractivity contribution in [3.63, 3.8) is 0 Å². The van der Waals surface area contributed by atoms with E-state index >= 15 is 0 Å². The Kier molecular flexibility index (Phi) is 3.45. The van der Waals surface area contributed by atoms with Gasteiger partial charge in [-0.1, -0.05) is 12.2 Å². The van der Waals surface area contributed by atoms with Crippen LogP contribution >= 0.6 is 0 Å². The average molecular weight is 322 g/mol. The van der Waals surface area contributed by atoms with E-state index < -0.39 is 0 Å². The van der Waals surface area contributed by atoms with Gasteiger partial charge in [0.05, 0.1) is 7.11 Å². The topological polar surface area (TPSA) is 40.8 Å². The molecule has 0 spiro atoms. The molecule has 3 aromatic rings. The van der Waals surface area contributed by atoms with Crippen LogP contribution in [0, 0.1) is 6.92 Å². The largest absolute Gasteiger partial charge is 0.493 e. The van der Waals surface area contributed by atoms with E-state index in [1.807, 2.05) is 37.3 Å². The third-order valence-electron chi connectivity index (χ3n) is 4.24. The van der Waals surface area contributed by atoms with Gasteiger partial charge in [0.15, 0.2) is 22.8 Å². The fourth-order valence-corrected chi connectivity index (χ4v) is 3.06. The molecular formula is C20H18O4. The van der Waals surface area contributed by atoms with Crippen LogP contribution in [0.25, 0.3) is 28.4 Å². The lowest BCUT2D eigenvalue weighted by molar-refractivity contribution is 0.174. The summed E-state index contributed by atoms with van der Waals surface area (Å²) in [5, 5.41) is 1.05. The number of benzene rings is 2. The standard InChI is InChI=1S/C20H18O4/c1-4-5-13-8-15-12(2)19(24-20(15)18(9-13)21-3)14-6-7-16-17(10-14)23-11-22-16/h4-10H,11H2,1-3H3/b5-4+. The molecule has 4 heteroatoms. The summed E-state index contributed by atoms with van der Waals surface area (Å²) in [6.45, 7) is 4.32. The van der Waals surface area contributed by atoms with E-state index in [9.17, 15) is 0 Å². The van der Waals surface area contributed by atoms with Crippen LogP contribution in [-0.2, 0) is 0 Å². The predicted molar refractivity (Wildman–Crippen MR) is 93.8 cm³/mol. The zero-order valence-electron chi connectivity index (χ0n) is 13.9. The molecule has 0 saturated carbocycles. The highest BCUT2D eigenvalue weighted by molar-refractivity contribution is 5.93. The number of aryl methyl sites for hydroxylation is 1.